The summed E-state index contributed by atoms with van der Waals surface area (Å²) in [4.78, 5) is 0. The molecular formula is C13H25NO12. The van der Waals surface area contributed by atoms with Crippen LogP contribution >= 0.6 is 0 Å². The van der Waals surface area contributed by atoms with Crippen molar-refractivity contribution in [1.82, 2.24) is 5.32 Å². The van der Waals surface area contributed by atoms with Gasteiger partial charge in [0.1, 0.15) is 42.7 Å². The van der Waals surface area contributed by atoms with Gasteiger partial charge in [0.15, 0.2) is 6.10 Å². The van der Waals surface area contributed by atoms with Crippen LogP contribution in [-0.4, -0.2) is 131 Å². The lowest BCUT2D eigenvalue weighted by Crippen LogP contribution is -2.74. The molecule has 0 saturated carbocycles. The highest BCUT2D eigenvalue weighted by Crippen LogP contribution is 2.30. The second-order valence-electron chi connectivity index (χ2n) is 6.42. The van der Waals surface area contributed by atoms with E-state index in [4.69, 9.17) is 19.7 Å². The van der Waals surface area contributed by atoms with Gasteiger partial charge in [-0.1, -0.05) is 0 Å². The highest BCUT2D eigenvalue weighted by molar-refractivity contribution is 5.00. The maximum Gasteiger partial charge on any atom is 0.255 e. The number of rotatable bonds is 5. The summed E-state index contributed by atoms with van der Waals surface area (Å²) in [5.74, 6) is -5.42. The molecule has 13 nitrogen and oxygen atoms in total. The van der Waals surface area contributed by atoms with Crippen molar-refractivity contribution in [2.24, 2.45) is 0 Å². The maximum absolute atomic E-state index is 10.4. The molecular weight excluding hydrogens is 362 g/mol. The van der Waals surface area contributed by atoms with Crippen LogP contribution in [0.1, 0.15) is 0 Å². The molecule has 0 aromatic heterocycles. The zero-order valence-electron chi connectivity index (χ0n) is 13.5. The van der Waals surface area contributed by atoms with Gasteiger partial charge in [-0.3, -0.25) is 5.32 Å². The zero-order chi connectivity index (χ0) is 19.9. The Balaban J connectivity index is 2.14. The van der Waals surface area contributed by atoms with Gasteiger partial charge in [0.2, 0.25) is 5.79 Å². The fourth-order valence-electron chi connectivity index (χ4n) is 2.92. The lowest BCUT2D eigenvalue weighted by Gasteiger charge is -2.49. The highest BCUT2D eigenvalue weighted by Gasteiger charge is 2.56. The normalized spacial score (nSPS) is 52.8. The second kappa shape index (κ2) is 7.84. The molecule has 0 spiro atoms. The first-order valence-electron chi connectivity index (χ1n) is 7.86. The number of aliphatic hydroxyl groups is 10. The standard InChI is InChI=1S/C13H25NO12/c15-1-4-6(17)8(19)10(21)12(23,25-4)3-14-13(24)11(22)9(20)7(18)5(2-16)26-13/h4-11,14-24H,1-3H2/t4-,5-,6-,7-,8+,9+,10-,11-,12?,13?/m1/s1. The van der Waals surface area contributed by atoms with Crippen LogP contribution < -0.4 is 5.32 Å². The minimum atomic E-state index is -2.78. The molecule has 13 heteroatoms. The maximum atomic E-state index is 10.4. The molecule has 154 valence electrons. The third-order valence-electron chi connectivity index (χ3n) is 4.61. The first kappa shape index (κ1) is 21.8. The van der Waals surface area contributed by atoms with E-state index >= 15 is 0 Å². The molecule has 2 fully saturated rings. The van der Waals surface area contributed by atoms with Crippen molar-refractivity contribution in [2.75, 3.05) is 19.8 Å². The molecule has 0 aromatic carbocycles. The third kappa shape index (κ3) is 3.72. The first-order chi connectivity index (χ1) is 12.0. The molecule has 0 aliphatic carbocycles. The summed E-state index contributed by atoms with van der Waals surface area (Å²) in [5.41, 5.74) is 0. The molecule has 2 rings (SSSR count). The SMILES string of the molecule is OC[C@H]1OC(O)(CNC2(O)O[C@H](CO)[C@@H](O)[C@H](O)[C@H]2O)[C@H](O)[C@@H](O)[C@@H]1O. The Morgan fingerprint density at radius 3 is 1.65 bits per heavy atom. The van der Waals surface area contributed by atoms with Crippen LogP contribution in [0.2, 0.25) is 0 Å². The molecule has 26 heavy (non-hydrogen) atoms. The minimum absolute atomic E-state index is 0.811. The van der Waals surface area contributed by atoms with Crippen molar-refractivity contribution in [1.29, 1.82) is 0 Å². The van der Waals surface area contributed by atoms with E-state index in [0.29, 0.717) is 0 Å². The molecule has 10 atom stereocenters. The van der Waals surface area contributed by atoms with Gasteiger partial charge in [0, 0.05) is 0 Å². The molecule has 0 amide bonds. The molecule has 2 unspecified atom stereocenters. The van der Waals surface area contributed by atoms with Crippen LogP contribution in [-0.2, 0) is 9.47 Å². The van der Waals surface area contributed by atoms with Crippen molar-refractivity contribution in [3.05, 3.63) is 0 Å². The van der Waals surface area contributed by atoms with Gasteiger partial charge in [0.05, 0.1) is 19.8 Å². The number of aliphatic hydroxyl groups excluding tert-OH is 8. The second-order valence-corrected chi connectivity index (χ2v) is 6.42. The number of hydrogen-bond acceptors (Lipinski definition) is 13. The predicted octanol–water partition coefficient (Wildman–Crippen LogP) is -7.14. The Morgan fingerprint density at radius 2 is 1.15 bits per heavy atom. The average molecular weight is 387 g/mol. The Labute approximate surface area is 147 Å². The van der Waals surface area contributed by atoms with Crippen LogP contribution in [0.4, 0.5) is 0 Å². The van der Waals surface area contributed by atoms with E-state index in [1.807, 2.05) is 0 Å². The molecule has 0 bridgehead atoms. The molecule has 2 saturated heterocycles. The largest absolute Gasteiger partial charge is 0.394 e. The Bertz CT molecular complexity index is 438. The zero-order valence-corrected chi connectivity index (χ0v) is 13.5. The first-order valence-corrected chi connectivity index (χ1v) is 7.86. The monoisotopic (exact) mass is 387 g/mol. The van der Waals surface area contributed by atoms with Gasteiger partial charge in [-0.05, 0) is 0 Å². The average Bonchev–Trinajstić information content (AvgIpc) is 2.63. The van der Waals surface area contributed by atoms with Gasteiger partial charge in [-0.15, -0.1) is 0 Å². The Kier molecular flexibility index (Phi) is 6.57. The van der Waals surface area contributed by atoms with Crippen LogP contribution in [0.3, 0.4) is 0 Å². The molecule has 2 aliphatic heterocycles. The van der Waals surface area contributed by atoms with Gasteiger partial charge < -0.3 is 60.5 Å². The summed E-state index contributed by atoms with van der Waals surface area (Å²) in [6, 6.07) is 0. The summed E-state index contributed by atoms with van der Waals surface area (Å²) in [6.07, 6.45) is -14.4. The van der Waals surface area contributed by atoms with Crippen LogP contribution in [0.15, 0.2) is 0 Å². The van der Waals surface area contributed by atoms with Gasteiger partial charge >= 0.3 is 0 Å². The fraction of sp³-hybridized carbons (Fsp3) is 1.00. The minimum Gasteiger partial charge on any atom is -0.394 e. The highest BCUT2D eigenvalue weighted by atomic mass is 16.7. The summed E-state index contributed by atoms with van der Waals surface area (Å²) in [6.45, 7) is -2.55. The van der Waals surface area contributed by atoms with E-state index in [1.165, 1.54) is 0 Å². The molecule has 0 aromatic rings. The van der Waals surface area contributed by atoms with Gasteiger partial charge in [-0.25, -0.2) is 0 Å². The third-order valence-corrected chi connectivity index (χ3v) is 4.61. The van der Waals surface area contributed by atoms with Gasteiger partial charge in [0.25, 0.3) is 5.91 Å². The number of ether oxygens (including phenoxy) is 2. The fourth-order valence-corrected chi connectivity index (χ4v) is 2.92. The quantitative estimate of drug-likeness (QED) is 0.197. The summed E-state index contributed by atoms with van der Waals surface area (Å²) in [7, 11) is 0. The van der Waals surface area contributed by atoms with E-state index in [-0.39, 0.29) is 0 Å². The van der Waals surface area contributed by atoms with E-state index in [9.17, 15) is 40.9 Å². The molecule has 11 N–H and O–H groups in total. The van der Waals surface area contributed by atoms with Crippen molar-refractivity contribution in [3.63, 3.8) is 0 Å². The summed E-state index contributed by atoms with van der Waals surface area (Å²) < 4.78 is 9.88. The molecule has 2 heterocycles. The Hall–Kier alpha value is -0.520. The Morgan fingerprint density at radius 1 is 0.692 bits per heavy atom. The van der Waals surface area contributed by atoms with E-state index in [2.05, 4.69) is 5.32 Å². The van der Waals surface area contributed by atoms with Crippen molar-refractivity contribution >= 4 is 0 Å². The smallest absolute Gasteiger partial charge is 0.255 e. The van der Waals surface area contributed by atoms with Crippen molar-refractivity contribution < 1.29 is 60.5 Å². The summed E-state index contributed by atoms with van der Waals surface area (Å²) in [5, 5.41) is 99.7. The van der Waals surface area contributed by atoms with E-state index in [0.717, 1.165) is 0 Å². The molecule has 0 radical (unpaired) electrons. The van der Waals surface area contributed by atoms with Gasteiger partial charge in [-0.2, -0.15) is 0 Å². The van der Waals surface area contributed by atoms with Crippen LogP contribution in [0.5, 0.6) is 0 Å². The molecule has 2 aliphatic rings. The van der Waals surface area contributed by atoms with Crippen LogP contribution in [0, 0.1) is 0 Å². The predicted molar refractivity (Wildman–Crippen MR) is 77.9 cm³/mol. The van der Waals surface area contributed by atoms with E-state index in [1.54, 1.807) is 0 Å². The summed E-state index contributed by atoms with van der Waals surface area (Å²) >= 11 is 0. The number of hydrogen-bond donors (Lipinski definition) is 11. The van der Waals surface area contributed by atoms with Crippen LogP contribution in [0.25, 0.3) is 0 Å². The number of nitrogens with one attached hydrogen (secondary N) is 1. The lowest BCUT2D eigenvalue weighted by molar-refractivity contribution is -0.380. The lowest BCUT2D eigenvalue weighted by atomic mass is 9.92. The van der Waals surface area contributed by atoms with E-state index < -0.39 is 80.3 Å². The van der Waals surface area contributed by atoms with Crippen molar-refractivity contribution in [2.45, 2.75) is 60.5 Å². The van der Waals surface area contributed by atoms with Crippen molar-refractivity contribution in [3.8, 4) is 0 Å². The topological polar surface area (TPSA) is 233 Å².